The molecule has 2 nitrogen and oxygen atoms in total. The van der Waals surface area contributed by atoms with Gasteiger partial charge in [0.25, 0.3) is 0 Å². The molecule has 0 aromatic carbocycles. The Labute approximate surface area is 107 Å². The lowest BCUT2D eigenvalue weighted by atomic mass is 9.66. The number of allylic oxidation sites excluding steroid dienone is 3. The maximum Gasteiger partial charge on any atom is 0.162 e. The van der Waals surface area contributed by atoms with Crippen molar-refractivity contribution in [2.75, 3.05) is 0 Å². The average Bonchev–Trinajstić information content (AvgIpc) is 2.86. The summed E-state index contributed by atoms with van der Waals surface area (Å²) in [6.45, 7) is 2.15. The van der Waals surface area contributed by atoms with Crippen LogP contribution in [0.4, 0.5) is 0 Å². The van der Waals surface area contributed by atoms with E-state index in [0.29, 0.717) is 17.6 Å². The molecule has 2 aliphatic carbocycles. The summed E-state index contributed by atoms with van der Waals surface area (Å²) in [5.74, 6) is 2.23. The topological polar surface area (TPSA) is 30.2 Å². The van der Waals surface area contributed by atoms with Gasteiger partial charge in [0.1, 0.15) is 5.76 Å². The predicted molar refractivity (Wildman–Crippen MR) is 70.8 cm³/mol. The summed E-state index contributed by atoms with van der Waals surface area (Å²) < 4.78 is 5.30. The van der Waals surface area contributed by atoms with Gasteiger partial charge < -0.3 is 4.42 Å². The van der Waals surface area contributed by atoms with Crippen LogP contribution >= 0.6 is 0 Å². The molecular weight excluding hydrogens is 224 g/mol. The Kier molecular flexibility index (Phi) is 2.94. The van der Waals surface area contributed by atoms with Gasteiger partial charge in [0.2, 0.25) is 0 Å². The molecule has 3 atom stereocenters. The molecule has 1 aromatic heterocycles. The van der Waals surface area contributed by atoms with Crippen LogP contribution in [0.25, 0.3) is 6.08 Å². The Balaban J connectivity index is 1.88. The quantitative estimate of drug-likeness (QED) is 0.553. The molecule has 1 aromatic rings. The van der Waals surface area contributed by atoms with Crippen molar-refractivity contribution in [3.8, 4) is 0 Å². The number of rotatable bonds is 1. The van der Waals surface area contributed by atoms with Gasteiger partial charge >= 0.3 is 0 Å². The van der Waals surface area contributed by atoms with Crippen LogP contribution in [0.2, 0.25) is 0 Å². The zero-order chi connectivity index (χ0) is 12.5. The number of Topliss-reactive ketones (excluding diaryl/α,β-unsaturated/α-hetero) is 1. The normalized spacial score (nSPS) is 33.7. The molecule has 0 spiro atoms. The van der Waals surface area contributed by atoms with Gasteiger partial charge in [-0.05, 0) is 54.9 Å². The van der Waals surface area contributed by atoms with Crippen LogP contribution in [0, 0.1) is 17.8 Å². The van der Waals surface area contributed by atoms with Crippen LogP contribution in [0.1, 0.15) is 31.9 Å². The fourth-order valence-electron chi connectivity index (χ4n) is 3.28. The summed E-state index contributed by atoms with van der Waals surface area (Å²) >= 11 is 0. The molecule has 1 heterocycles. The largest absolute Gasteiger partial charge is 0.465 e. The fourth-order valence-corrected chi connectivity index (χ4v) is 3.28. The van der Waals surface area contributed by atoms with Gasteiger partial charge in [-0.3, -0.25) is 4.79 Å². The molecule has 2 heteroatoms. The molecule has 0 radical (unpaired) electrons. The molecule has 18 heavy (non-hydrogen) atoms. The summed E-state index contributed by atoms with van der Waals surface area (Å²) in [5, 5.41) is 0. The van der Waals surface area contributed by atoms with Crippen molar-refractivity contribution in [2.45, 2.75) is 26.2 Å². The highest BCUT2D eigenvalue weighted by Gasteiger charge is 2.38. The zero-order valence-electron chi connectivity index (χ0n) is 10.6. The first-order valence-electron chi connectivity index (χ1n) is 6.70. The molecule has 94 valence electrons. The van der Waals surface area contributed by atoms with Gasteiger partial charge in [-0.1, -0.05) is 19.1 Å². The second-order valence-electron chi connectivity index (χ2n) is 5.40. The molecule has 3 unspecified atom stereocenters. The first kappa shape index (κ1) is 11.5. The molecule has 0 amide bonds. The van der Waals surface area contributed by atoms with Gasteiger partial charge in [-0.25, -0.2) is 0 Å². The van der Waals surface area contributed by atoms with Crippen LogP contribution in [-0.4, -0.2) is 5.78 Å². The summed E-state index contributed by atoms with van der Waals surface area (Å²) in [5.41, 5.74) is 0.938. The van der Waals surface area contributed by atoms with E-state index < -0.39 is 0 Å². The second-order valence-corrected chi connectivity index (χ2v) is 5.40. The van der Waals surface area contributed by atoms with Gasteiger partial charge in [0.15, 0.2) is 5.78 Å². The van der Waals surface area contributed by atoms with Crippen molar-refractivity contribution in [2.24, 2.45) is 17.8 Å². The maximum atomic E-state index is 12.6. The summed E-state index contributed by atoms with van der Waals surface area (Å²) in [4.78, 5) is 12.6. The summed E-state index contributed by atoms with van der Waals surface area (Å²) in [7, 11) is 0. The predicted octanol–water partition coefficient (Wildman–Crippen LogP) is 3.85. The Morgan fingerprint density at radius 2 is 2.33 bits per heavy atom. The highest BCUT2D eigenvalue weighted by molar-refractivity contribution is 6.02. The van der Waals surface area contributed by atoms with E-state index in [1.807, 2.05) is 18.2 Å². The Hall–Kier alpha value is -1.57. The van der Waals surface area contributed by atoms with Crippen LogP contribution < -0.4 is 0 Å². The molecule has 3 rings (SSSR count). The lowest BCUT2D eigenvalue weighted by Crippen LogP contribution is -2.35. The summed E-state index contributed by atoms with van der Waals surface area (Å²) in [6.07, 6.45) is 11.1. The Bertz CT molecular complexity index is 493. The van der Waals surface area contributed by atoms with Crippen LogP contribution in [-0.2, 0) is 4.79 Å². The smallest absolute Gasteiger partial charge is 0.162 e. The lowest BCUT2D eigenvalue weighted by molar-refractivity contribution is -0.123. The highest BCUT2D eigenvalue weighted by atomic mass is 16.3. The highest BCUT2D eigenvalue weighted by Crippen LogP contribution is 2.41. The number of fused-ring (bicyclic) bond motifs is 1. The Morgan fingerprint density at radius 3 is 3.11 bits per heavy atom. The van der Waals surface area contributed by atoms with Crippen molar-refractivity contribution < 1.29 is 9.21 Å². The van der Waals surface area contributed by atoms with Gasteiger partial charge in [0, 0.05) is 5.92 Å². The molecule has 2 aliphatic rings. The van der Waals surface area contributed by atoms with E-state index in [4.69, 9.17) is 4.42 Å². The van der Waals surface area contributed by atoms with Gasteiger partial charge in [0.05, 0.1) is 6.26 Å². The number of hydrogen-bond donors (Lipinski definition) is 0. The van der Waals surface area contributed by atoms with E-state index in [1.54, 1.807) is 6.26 Å². The molecule has 1 fully saturated rings. The Morgan fingerprint density at radius 1 is 1.44 bits per heavy atom. The minimum absolute atomic E-state index is 0.185. The lowest BCUT2D eigenvalue weighted by Gasteiger charge is -2.36. The van der Waals surface area contributed by atoms with Gasteiger partial charge in [-0.15, -0.1) is 0 Å². The van der Waals surface area contributed by atoms with Crippen molar-refractivity contribution >= 4 is 11.9 Å². The number of carbonyl (C=O) groups excluding carboxylic acids is 1. The molecule has 0 bridgehead atoms. The number of ketones is 1. The second kappa shape index (κ2) is 4.60. The van der Waals surface area contributed by atoms with Crippen molar-refractivity contribution in [3.05, 3.63) is 41.9 Å². The van der Waals surface area contributed by atoms with Crippen molar-refractivity contribution in [3.63, 3.8) is 0 Å². The van der Waals surface area contributed by atoms with Crippen molar-refractivity contribution in [1.29, 1.82) is 0 Å². The SMILES string of the molecule is CC1C=CCC2CC/C(=C/c3ccco3)C(=O)C12. The molecule has 1 saturated carbocycles. The van der Waals surface area contributed by atoms with E-state index >= 15 is 0 Å². The van der Waals surface area contributed by atoms with Crippen molar-refractivity contribution in [1.82, 2.24) is 0 Å². The fraction of sp³-hybridized carbons (Fsp3) is 0.438. The maximum absolute atomic E-state index is 12.6. The van der Waals surface area contributed by atoms with Gasteiger partial charge in [-0.2, -0.15) is 0 Å². The monoisotopic (exact) mass is 242 g/mol. The number of hydrogen-bond acceptors (Lipinski definition) is 2. The van der Waals surface area contributed by atoms with E-state index in [-0.39, 0.29) is 5.92 Å². The minimum atomic E-state index is 0.185. The number of carbonyl (C=O) groups is 1. The first-order valence-corrected chi connectivity index (χ1v) is 6.70. The van der Waals surface area contributed by atoms with Crippen LogP contribution in [0.15, 0.2) is 40.5 Å². The standard InChI is InChI=1S/C16H18O2/c1-11-4-2-5-12-7-8-13(16(17)15(11)12)10-14-6-3-9-18-14/h2-4,6,9-12,15H,5,7-8H2,1H3/b13-10-. The van der Waals surface area contributed by atoms with E-state index in [0.717, 1.165) is 30.6 Å². The molecule has 0 aliphatic heterocycles. The van der Waals surface area contributed by atoms with E-state index in [2.05, 4.69) is 19.1 Å². The summed E-state index contributed by atoms with van der Waals surface area (Å²) in [6, 6.07) is 3.76. The minimum Gasteiger partial charge on any atom is -0.465 e. The molecular formula is C16H18O2. The molecule has 0 N–H and O–H groups in total. The third kappa shape index (κ3) is 1.96. The van der Waals surface area contributed by atoms with E-state index in [1.165, 1.54) is 0 Å². The van der Waals surface area contributed by atoms with Crippen LogP contribution in [0.5, 0.6) is 0 Å². The molecule has 0 saturated heterocycles. The third-order valence-electron chi connectivity index (χ3n) is 4.22. The number of furan rings is 1. The van der Waals surface area contributed by atoms with Crippen LogP contribution in [0.3, 0.4) is 0 Å². The zero-order valence-corrected chi connectivity index (χ0v) is 10.6. The third-order valence-corrected chi connectivity index (χ3v) is 4.22. The first-order chi connectivity index (χ1) is 8.75. The van der Waals surface area contributed by atoms with E-state index in [9.17, 15) is 4.79 Å². The average molecular weight is 242 g/mol.